The molecule has 1 aliphatic carbocycles. The van der Waals surface area contributed by atoms with Crippen molar-refractivity contribution in [1.29, 1.82) is 0 Å². The SMILES string of the molecule is Cc1ccc(=O)n(CC2CN(Cc3ccnc(C4CCC4)n3)C2)n1. The highest BCUT2D eigenvalue weighted by Gasteiger charge is 2.28. The minimum Gasteiger partial charge on any atom is -0.297 e. The van der Waals surface area contributed by atoms with E-state index in [1.54, 1.807) is 16.8 Å². The smallest absolute Gasteiger partial charge is 0.266 e. The van der Waals surface area contributed by atoms with Crippen LogP contribution in [-0.4, -0.2) is 37.7 Å². The van der Waals surface area contributed by atoms with Crippen molar-refractivity contribution in [3.63, 3.8) is 0 Å². The van der Waals surface area contributed by atoms with E-state index in [9.17, 15) is 4.79 Å². The molecular formula is C18H23N5O. The zero-order chi connectivity index (χ0) is 16.5. The van der Waals surface area contributed by atoms with Gasteiger partial charge in [0.2, 0.25) is 0 Å². The van der Waals surface area contributed by atoms with Gasteiger partial charge in [0, 0.05) is 43.7 Å². The molecular weight excluding hydrogens is 302 g/mol. The van der Waals surface area contributed by atoms with Gasteiger partial charge in [-0.3, -0.25) is 9.69 Å². The molecule has 1 saturated heterocycles. The second-order valence-corrected chi connectivity index (χ2v) is 7.09. The Morgan fingerprint density at radius 1 is 1.21 bits per heavy atom. The van der Waals surface area contributed by atoms with Crippen LogP contribution in [0.25, 0.3) is 0 Å². The Balaban J connectivity index is 1.31. The molecule has 2 fully saturated rings. The van der Waals surface area contributed by atoms with Gasteiger partial charge in [0.05, 0.1) is 17.9 Å². The molecule has 3 heterocycles. The molecule has 0 amide bonds. The van der Waals surface area contributed by atoms with Gasteiger partial charge in [-0.25, -0.2) is 14.6 Å². The number of rotatable bonds is 5. The molecule has 0 spiro atoms. The number of aryl methyl sites for hydroxylation is 1. The topological polar surface area (TPSA) is 63.9 Å². The third-order valence-corrected chi connectivity index (χ3v) is 5.05. The molecule has 1 aliphatic heterocycles. The van der Waals surface area contributed by atoms with Crippen molar-refractivity contribution in [2.24, 2.45) is 5.92 Å². The molecule has 0 aromatic carbocycles. The molecule has 0 atom stereocenters. The molecule has 0 bridgehead atoms. The summed E-state index contributed by atoms with van der Waals surface area (Å²) >= 11 is 0. The number of likely N-dealkylation sites (tertiary alicyclic amines) is 1. The van der Waals surface area contributed by atoms with E-state index < -0.39 is 0 Å². The van der Waals surface area contributed by atoms with Crippen molar-refractivity contribution in [2.75, 3.05) is 13.1 Å². The van der Waals surface area contributed by atoms with Crippen LogP contribution in [0.15, 0.2) is 29.2 Å². The van der Waals surface area contributed by atoms with Gasteiger partial charge in [-0.15, -0.1) is 0 Å². The van der Waals surface area contributed by atoms with Crippen molar-refractivity contribution < 1.29 is 0 Å². The first-order valence-electron chi connectivity index (χ1n) is 8.76. The summed E-state index contributed by atoms with van der Waals surface area (Å²) in [6, 6.07) is 5.38. The van der Waals surface area contributed by atoms with Gasteiger partial charge in [0.1, 0.15) is 5.82 Å². The highest BCUT2D eigenvalue weighted by Crippen LogP contribution is 2.34. The van der Waals surface area contributed by atoms with Gasteiger partial charge in [-0.1, -0.05) is 6.42 Å². The van der Waals surface area contributed by atoms with Crippen LogP contribution in [0.4, 0.5) is 0 Å². The molecule has 6 nitrogen and oxygen atoms in total. The lowest BCUT2D eigenvalue weighted by Crippen LogP contribution is -2.49. The quantitative estimate of drug-likeness (QED) is 0.838. The second kappa shape index (κ2) is 6.43. The van der Waals surface area contributed by atoms with Gasteiger partial charge in [0.25, 0.3) is 5.56 Å². The Kier molecular flexibility index (Phi) is 4.14. The van der Waals surface area contributed by atoms with E-state index in [0.717, 1.165) is 36.8 Å². The minimum atomic E-state index is -0.0139. The average molecular weight is 325 g/mol. The van der Waals surface area contributed by atoms with Crippen molar-refractivity contribution in [2.45, 2.75) is 45.2 Å². The van der Waals surface area contributed by atoms with E-state index in [1.807, 2.05) is 19.2 Å². The van der Waals surface area contributed by atoms with E-state index >= 15 is 0 Å². The van der Waals surface area contributed by atoms with Crippen LogP contribution in [0.5, 0.6) is 0 Å². The molecule has 6 heteroatoms. The summed E-state index contributed by atoms with van der Waals surface area (Å²) in [4.78, 5) is 23.4. The highest BCUT2D eigenvalue weighted by molar-refractivity contribution is 5.08. The maximum absolute atomic E-state index is 11.8. The number of aromatic nitrogens is 4. The summed E-state index contributed by atoms with van der Waals surface area (Å²) in [5, 5.41) is 4.32. The highest BCUT2D eigenvalue weighted by atomic mass is 16.1. The lowest BCUT2D eigenvalue weighted by molar-refractivity contribution is 0.0751. The molecule has 126 valence electrons. The zero-order valence-electron chi connectivity index (χ0n) is 14.1. The lowest BCUT2D eigenvalue weighted by atomic mass is 9.85. The van der Waals surface area contributed by atoms with E-state index in [4.69, 9.17) is 4.98 Å². The fourth-order valence-electron chi connectivity index (χ4n) is 3.44. The summed E-state index contributed by atoms with van der Waals surface area (Å²) in [5.41, 5.74) is 1.98. The van der Waals surface area contributed by atoms with Crippen LogP contribution in [0, 0.1) is 12.8 Å². The molecule has 24 heavy (non-hydrogen) atoms. The van der Waals surface area contributed by atoms with E-state index in [1.165, 1.54) is 19.3 Å². The number of hydrogen-bond acceptors (Lipinski definition) is 5. The summed E-state index contributed by atoms with van der Waals surface area (Å²) in [7, 11) is 0. The van der Waals surface area contributed by atoms with Crippen molar-refractivity contribution in [3.8, 4) is 0 Å². The first-order valence-corrected chi connectivity index (χ1v) is 8.76. The van der Waals surface area contributed by atoms with Gasteiger partial charge >= 0.3 is 0 Å². The van der Waals surface area contributed by atoms with Gasteiger partial charge in [0.15, 0.2) is 0 Å². The second-order valence-electron chi connectivity index (χ2n) is 7.09. The van der Waals surface area contributed by atoms with E-state index in [-0.39, 0.29) is 5.56 Å². The minimum absolute atomic E-state index is 0.0139. The van der Waals surface area contributed by atoms with Crippen LogP contribution in [0.2, 0.25) is 0 Å². The monoisotopic (exact) mass is 325 g/mol. The van der Waals surface area contributed by atoms with Crippen LogP contribution in [0.3, 0.4) is 0 Å². The van der Waals surface area contributed by atoms with Crippen LogP contribution in [0.1, 0.15) is 42.4 Å². The molecule has 2 aliphatic rings. The number of nitrogens with zero attached hydrogens (tertiary/aromatic N) is 5. The Labute approximate surface area is 141 Å². The first kappa shape index (κ1) is 15.4. The molecule has 2 aromatic heterocycles. The first-order chi connectivity index (χ1) is 11.7. The molecule has 2 aromatic rings. The summed E-state index contributed by atoms with van der Waals surface area (Å²) in [6.07, 6.45) is 5.66. The molecule has 0 unspecified atom stereocenters. The summed E-state index contributed by atoms with van der Waals surface area (Å²) in [6.45, 7) is 5.47. The van der Waals surface area contributed by atoms with Crippen molar-refractivity contribution >= 4 is 0 Å². The van der Waals surface area contributed by atoms with E-state index in [2.05, 4.69) is 15.0 Å². The summed E-state index contributed by atoms with van der Waals surface area (Å²) < 4.78 is 1.59. The van der Waals surface area contributed by atoms with Gasteiger partial charge in [-0.2, -0.15) is 5.10 Å². The fraction of sp³-hybridized carbons (Fsp3) is 0.556. The maximum atomic E-state index is 11.8. The largest absolute Gasteiger partial charge is 0.297 e. The standard InChI is InChI=1S/C18H23N5O/c1-13-5-6-17(24)23(21-13)11-14-9-22(10-14)12-16-7-8-19-18(20-16)15-3-2-4-15/h5-8,14-15H,2-4,9-12H2,1H3. The van der Waals surface area contributed by atoms with Crippen LogP contribution in [-0.2, 0) is 13.1 Å². The molecule has 0 N–H and O–H groups in total. The van der Waals surface area contributed by atoms with Crippen molar-refractivity contribution in [3.05, 3.63) is 52.0 Å². The third kappa shape index (κ3) is 3.24. The Morgan fingerprint density at radius 3 is 2.79 bits per heavy atom. The molecule has 0 radical (unpaired) electrons. The predicted octanol–water partition coefficient (Wildman–Crippen LogP) is 1.74. The Morgan fingerprint density at radius 2 is 2.04 bits per heavy atom. The van der Waals surface area contributed by atoms with Crippen LogP contribution < -0.4 is 5.56 Å². The third-order valence-electron chi connectivity index (χ3n) is 5.05. The van der Waals surface area contributed by atoms with Crippen LogP contribution >= 0.6 is 0 Å². The molecule has 4 rings (SSSR count). The number of hydrogen-bond donors (Lipinski definition) is 0. The van der Waals surface area contributed by atoms with Gasteiger partial charge in [-0.05, 0) is 31.9 Å². The lowest BCUT2D eigenvalue weighted by Gasteiger charge is -2.39. The Hall–Kier alpha value is -2.08. The molecule has 1 saturated carbocycles. The van der Waals surface area contributed by atoms with Gasteiger partial charge < -0.3 is 0 Å². The van der Waals surface area contributed by atoms with Crippen molar-refractivity contribution in [1.82, 2.24) is 24.6 Å². The maximum Gasteiger partial charge on any atom is 0.266 e. The Bertz CT molecular complexity index is 777. The summed E-state index contributed by atoms with van der Waals surface area (Å²) in [5.74, 6) is 2.09. The predicted molar refractivity (Wildman–Crippen MR) is 90.6 cm³/mol. The average Bonchev–Trinajstić information content (AvgIpc) is 2.47. The normalized spacial score (nSPS) is 19.0. The van der Waals surface area contributed by atoms with E-state index in [0.29, 0.717) is 18.4 Å². The fourth-order valence-corrected chi connectivity index (χ4v) is 3.44. The zero-order valence-corrected chi connectivity index (χ0v) is 14.1.